The fourth-order valence-electron chi connectivity index (χ4n) is 1.95. The molecule has 2 aromatic rings. The molecule has 0 bridgehead atoms. The third kappa shape index (κ3) is 3.68. The van der Waals surface area contributed by atoms with E-state index in [9.17, 15) is 4.79 Å². The highest BCUT2D eigenvalue weighted by Crippen LogP contribution is 2.05. The smallest absolute Gasteiger partial charge is 0.311 e. The van der Waals surface area contributed by atoms with E-state index in [0.717, 1.165) is 23.5 Å². The maximum absolute atomic E-state index is 11.7. The van der Waals surface area contributed by atoms with Crippen molar-refractivity contribution in [3.05, 3.63) is 53.6 Å². The van der Waals surface area contributed by atoms with Crippen LogP contribution < -0.4 is 0 Å². The zero-order chi connectivity index (χ0) is 13.7. The number of nitrogens with zero attached hydrogens (tertiary/aromatic N) is 2. The highest BCUT2D eigenvalue weighted by molar-refractivity contribution is 5.72. The zero-order valence-electron chi connectivity index (χ0n) is 11.3. The Labute approximate surface area is 113 Å². The molecule has 1 aromatic heterocycles. The second kappa shape index (κ2) is 6.18. The molecule has 1 heterocycles. The summed E-state index contributed by atoms with van der Waals surface area (Å²) in [4.78, 5) is 16.1. The van der Waals surface area contributed by atoms with Crippen molar-refractivity contribution in [2.75, 3.05) is 0 Å². The van der Waals surface area contributed by atoms with Crippen LogP contribution in [0.15, 0.2) is 36.5 Å². The Morgan fingerprint density at radius 3 is 2.74 bits per heavy atom. The minimum Gasteiger partial charge on any atom is -0.444 e. The lowest BCUT2D eigenvalue weighted by atomic mass is 10.2. The molecule has 0 aliphatic heterocycles. The normalized spacial score (nSPS) is 10.4. The number of benzene rings is 1. The molecule has 4 nitrogen and oxygen atoms in total. The quantitative estimate of drug-likeness (QED) is 0.774. The van der Waals surface area contributed by atoms with Crippen molar-refractivity contribution in [1.82, 2.24) is 9.55 Å². The van der Waals surface area contributed by atoms with Crippen molar-refractivity contribution in [1.29, 1.82) is 0 Å². The van der Waals surface area contributed by atoms with Gasteiger partial charge in [0.05, 0.1) is 12.1 Å². The second-order valence-electron chi connectivity index (χ2n) is 4.43. The van der Waals surface area contributed by atoms with E-state index in [1.54, 1.807) is 0 Å². The first-order chi connectivity index (χ1) is 9.19. The lowest BCUT2D eigenvalue weighted by molar-refractivity contribution is -0.146. The molecular weight excluding hydrogens is 240 g/mol. The first-order valence-corrected chi connectivity index (χ1v) is 6.41. The van der Waals surface area contributed by atoms with Crippen LogP contribution in [0.3, 0.4) is 0 Å². The minimum absolute atomic E-state index is 0.223. The summed E-state index contributed by atoms with van der Waals surface area (Å²) >= 11 is 0. The van der Waals surface area contributed by atoms with Gasteiger partial charge in [-0.05, 0) is 12.5 Å². The maximum Gasteiger partial charge on any atom is 0.311 e. The second-order valence-corrected chi connectivity index (χ2v) is 4.43. The molecule has 0 spiro atoms. The number of hydrogen-bond acceptors (Lipinski definition) is 3. The SMILES string of the molecule is CCc1nc(C)cn1COC(=O)Cc1ccccc1. The van der Waals surface area contributed by atoms with Crippen LogP contribution in [0.1, 0.15) is 24.0 Å². The third-order valence-electron chi connectivity index (χ3n) is 2.85. The Balaban J connectivity index is 1.90. The van der Waals surface area contributed by atoms with Crippen LogP contribution in [0, 0.1) is 6.92 Å². The average molecular weight is 258 g/mol. The van der Waals surface area contributed by atoms with E-state index in [1.165, 1.54) is 0 Å². The lowest BCUT2D eigenvalue weighted by Gasteiger charge is -2.08. The van der Waals surface area contributed by atoms with Crippen molar-refractivity contribution in [3.63, 3.8) is 0 Å². The molecule has 1 aromatic carbocycles. The number of carbonyl (C=O) groups excluding carboxylic acids is 1. The number of esters is 1. The monoisotopic (exact) mass is 258 g/mol. The number of carbonyl (C=O) groups is 1. The Morgan fingerprint density at radius 1 is 1.32 bits per heavy atom. The molecule has 4 heteroatoms. The van der Waals surface area contributed by atoms with Gasteiger partial charge in [0, 0.05) is 12.6 Å². The Morgan fingerprint density at radius 2 is 2.05 bits per heavy atom. The molecule has 0 aliphatic rings. The van der Waals surface area contributed by atoms with Gasteiger partial charge in [0.1, 0.15) is 5.82 Å². The van der Waals surface area contributed by atoms with E-state index in [-0.39, 0.29) is 12.7 Å². The van der Waals surface area contributed by atoms with E-state index >= 15 is 0 Å². The van der Waals surface area contributed by atoms with E-state index in [0.29, 0.717) is 6.42 Å². The van der Waals surface area contributed by atoms with Gasteiger partial charge in [0.2, 0.25) is 0 Å². The molecular formula is C15H18N2O2. The highest BCUT2D eigenvalue weighted by atomic mass is 16.5. The molecule has 2 rings (SSSR count). The molecule has 0 amide bonds. The van der Waals surface area contributed by atoms with Crippen molar-refractivity contribution in [3.8, 4) is 0 Å². The summed E-state index contributed by atoms with van der Waals surface area (Å²) in [5.74, 6) is 0.713. The fraction of sp³-hybridized carbons (Fsp3) is 0.333. The summed E-state index contributed by atoms with van der Waals surface area (Å²) < 4.78 is 7.15. The van der Waals surface area contributed by atoms with Gasteiger partial charge in [0.15, 0.2) is 6.73 Å². The van der Waals surface area contributed by atoms with Crippen LogP contribution >= 0.6 is 0 Å². The van der Waals surface area contributed by atoms with Crippen LogP contribution in [-0.4, -0.2) is 15.5 Å². The van der Waals surface area contributed by atoms with Crippen LogP contribution in [0.2, 0.25) is 0 Å². The molecule has 0 atom stereocenters. The van der Waals surface area contributed by atoms with Crippen LogP contribution in [0.5, 0.6) is 0 Å². The first-order valence-electron chi connectivity index (χ1n) is 6.41. The van der Waals surface area contributed by atoms with Crippen molar-refractivity contribution in [2.24, 2.45) is 0 Å². The number of aryl methyl sites for hydroxylation is 2. The van der Waals surface area contributed by atoms with Crippen LogP contribution in [0.4, 0.5) is 0 Å². The average Bonchev–Trinajstić information content (AvgIpc) is 2.78. The summed E-state index contributed by atoms with van der Waals surface area (Å²) in [7, 11) is 0. The Kier molecular flexibility index (Phi) is 4.34. The van der Waals surface area contributed by atoms with Gasteiger partial charge in [-0.1, -0.05) is 37.3 Å². The maximum atomic E-state index is 11.7. The fourth-order valence-corrected chi connectivity index (χ4v) is 1.95. The summed E-state index contributed by atoms with van der Waals surface area (Å²) in [5.41, 5.74) is 1.90. The Bertz CT molecular complexity index is 547. The molecule has 0 fully saturated rings. The molecule has 0 radical (unpaired) electrons. The summed E-state index contributed by atoms with van der Waals surface area (Å²) in [6.45, 7) is 4.20. The predicted molar refractivity (Wildman–Crippen MR) is 72.6 cm³/mol. The van der Waals surface area contributed by atoms with E-state index in [2.05, 4.69) is 4.98 Å². The van der Waals surface area contributed by atoms with Crippen LogP contribution in [0.25, 0.3) is 0 Å². The molecule has 0 N–H and O–H groups in total. The number of rotatable bonds is 5. The number of aromatic nitrogens is 2. The zero-order valence-corrected chi connectivity index (χ0v) is 11.3. The van der Waals surface area contributed by atoms with Gasteiger partial charge < -0.3 is 9.30 Å². The third-order valence-corrected chi connectivity index (χ3v) is 2.85. The van der Waals surface area contributed by atoms with E-state index < -0.39 is 0 Å². The van der Waals surface area contributed by atoms with E-state index in [1.807, 2.05) is 54.9 Å². The van der Waals surface area contributed by atoms with Crippen molar-refractivity contribution >= 4 is 5.97 Å². The van der Waals surface area contributed by atoms with Crippen molar-refractivity contribution in [2.45, 2.75) is 33.4 Å². The topological polar surface area (TPSA) is 44.1 Å². The van der Waals surface area contributed by atoms with Gasteiger partial charge in [-0.3, -0.25) is 4.79 Å². The molecule has 0 aliphatic carbocycles. The van der Waals surface area contributed by atoms with Gasteiger partial charge in [-0.2, -0.15) is 0 Å². The summed E-state index contributed by atoms with van der Waals surface area (Å²) in [6.07, 6.45) is 3.02. The molecule has 0 unspecified atom stereocenters. The molecule has 0 saturated carbocycles. The predicted octanol–water partition coefficient (Wildman–Crippen LogP) is 2.50. The van der Waals surface area contributed by atoms with E-state index in [4.69, 9.17) is 4.74 Å². The minimum atomic E-state index is -0.223. The van der Waals surface area contributed by atoms with Gasteiger partial charge in [-0.25, -0.2) is 4.98 Å². The van der Waals surface area contributed by atoms with Gasteiger partial charge >= 0.3 is 5.97 Å². The van der Waals surface area contributed by atoms with Crippen molar-refractivity contribution < 1.29 is 9.53 Å². The lowest BCUT2D eigenvalue weighted by Crippen LogP contribution is -2.13. The molecule has 19 heavy (non-hydrogen) atoms. The first kappa shape index (κ1) is 13.3. The summed E-state index contributed by atoms with van der Waals surface area (Å²) in [5, 5.41) is 0. The number of hydrogen-bond donors (Lipinski definition) is 0. The molecule has 100 valence electrons. The van der Waals surface area contributed by atoms with Gasteiger partial charge in [-0.15, -0.1) is 0 Å². The molecule has 0 saturated heterocycles. The number of ether oxygens (including phenoxy) is 1. The Hall–Kier alpha value is -2.10. The highest BCUT2D eigenvalue weighted by Gasteiger charge is 2.07. The number of imidazole rings is 1. The largest absolute Gasteiger partial charge is 0.444 e. The van der Waals surface area contributed by atoms with Gasteiger partial charge in [0.25, 0.3) is 0 Å². The van der Waals surface area contributed by atoms with Crippen LogP contribution in [-0.2, 0) is 29.1 Å². The standard InChI is InChI=1S/C15H18N2O2/c1-3-14-16-12(2)10-17(14)11-19-15(18)9-13-7-5-4-6-8-13/h4-8,10H,3,9,11H2,1-2H3. The summed E-state index contributed by atoms with van der Waals surface area (Å²) in [6, 6.07) is 9.59.